The van der Waals surface area contributed by atoms with Gasteiger partial charge >= 0.3 is 0 Å². The van der Waals surface area contributed by atoms with Gasteiger partial charge in [0.1, 0.15) is 0 Å². The summed E-state index contributed by atoms with van der Waals surface area (Å²) in [6.45, 7) is 0.635. The second-order valence-corrected chi connectivity index (χ2v) is 5.60. The molecule has 1 saturated carbocycles. The van der Waals surface area contributed by atoms with Crippen LogP contribution >= 0.6 is 11.6 Å². The molecule has 1 aromatic rings. The van der Waals surface area contributed by atoms with Crippen LogP contribution in [0.1, 0.15) is 29.6 Å². The van der Waals surface area contributed by atoms with Crippen LogP contribution in [-0.4, -0.2) is 35.3 Å². The van der Waals surface area contributed by atoms with Crippen molar-refractivity contribution in [2.24, 2.45) is 0 Å². The van der Waals surface area contributed by atoms with Gasteiger partial charge in [0, 0.05) is 29.6 Å². The van der Waals surface area contributed by atoms with Gasteiger partial charge in [-0.2, -0.15) is 0 Å². The van der Waals surface area contributed by atoms with Gasteiger partial charge in [-0.25, -0.2) is 0 Å². The molecule has 0 aromatic heterocycles. The number of likely N-dealkylation sites (tertiary alicyclic amines) is 1. The summed E-state index contributed by atoms with van der Waals surface area (Å²) in [5, 5.41) is 3.44. The first-order valence-corrected chi connectivity index (χ1v) is 6.87. The molecule has 1 atom stereocenters. The van der Waals surface area contributed by atoms with E-state index < -0.39 is 0 Å². The molecule has 2 aliphatic rings. The van der Waals surface area contributed by atoms with Gasteiger partial charge in [-0.1, -0.05) is 17.7 Å². The first-order valence-electron chi connectivity index (χ1n) is 6.49. The number of carbonyl (C=O) groups excluding carboxylic acids is 2. The zero-order valence-electron chi connectivity index (χ0n) is 10.4. The van der Waals surface area contributed by atoms with Crippen molar-refractivity contribution in [1.29, 1.82) is 0 Å². The van der Waals surface area contributed by atoms with Crippen molar-refractivity contribution >= 4 is 23.4 Å². The second-order valence-electron chi connectivity index (χ2n) is 5.16. The number of nitrogens with zero attached hydrogens (tertiary/aromatic N) is 1. The Hall–Kier alpha value is -1.55. The molecule has 1 N–H and O–H groups in total. The van der Waals surface area contributed by atoms with Gasteiger partial charge in [-0.3, -0.25) is 9.59 Å². The Labute approximate surface area is 116 Å². The molecule has 1 aromatic carbocycles. The van der Waals surface area contributed by atoms with E-state index in [1.54, 1.807) is 24.3 Å². The van der Waals surface area contributed by atoms with Crippen molar-refractivity contribution in [2.75, 3.05) is 6.54 Å². The Bertz CT molecular complexity index is 528. The standard InChI is InChI=1S/C14H15ClN2O2/c15-10-3-1-2-9(6-10)14(19)16-11-7-13(18)17(8-11)12-4-5-12/h1-3,6,11-12H,4-5,7-8H2,(H,16,19)/t11-/m1/s1. The molecule has 0 unspecified atom stereocenters. The van der Waals surface area contributed by atoms with Crippen LogP contribution in [0.5, 0.6) is 0 Å². The highest BCUT2D eigenvalue weighted by Crippen LogP contribution is 2.30. The number of carbonyl (C=O) groups is 2. The number of benzene rings is 1. The topological polar surface area (TPSA) is 49.4 Å². The van der Waals surface area contributed by atoms with Crippen molar-refractivity contribution in [1.82, 2.24) is 10.2 Å². The van der Waals surface area contributed by atoms with Crippen LogP contribution in [0.15, 0.2) is 24.3 Å². The number of rotatable bonds is 3. The molecule has 2 fully saturated rings. The fourth-order valence-electron chi connectivity index (χ4n) is 2.47. The molecule has 0 radical (unpaired) electrons. The first kappa shape index (κ1) is 12.5. The number of amides is 2. The zero-order chi connectivity index (χ0) is 13.4. The molecule has 0 spiro atoms. The lowest BCUT2D eigenvalue weighted by atomic mass is 10.2. The molecule has 4 nitrogen and oxygen atoms in total. The number of hydrogen-bond donors (Lipinski definition) is 1. The third-order valence-electron chi connectivity index (χ3n) is 3.57. The molecular formula is C14H15ClN2O2. The van der Waals surface area contributed by atoms with Crippen molar-refractivity contribution in [3.63, 3.8) is 0 Å². The minimum absolute atomic E-state index is 0.0837. The monoisotopic (exact) mass is 278 g/mol. The predicted octanol–water partition coefficient (Wildman–Crippen LogP) is 1.83. The van der Waals surface area contributed by atoms with E-state index in [-0.39, 0.29) is 17.9 Å². The molecular weight excluding hydrogens is 264 g/mol. The summed E-state index contributed by atoms with van der Waals surface area (Å²) in [5.74, 6) is -0.0168. The van der Waals surface area contributed by atoms with E-state index in [1.807, 2.05) is 4.90 Å². The van der Waals surface area contributed by atoms with Crippen molar-refractivity contribution in [3.05, 3.63) is 34.9 Å². The lowest BCUT2D eigenvalue weighted by Crippen LogP contribution is -2.37. The van der Waals surface area contributed by atoms with Crippen LogP contribution in [0, 0.1) is 0 Å². The summed E-state index contributed by atoms with van der Waals surface area (Å²) in [4.78, 5) is 25.7. The first-order chi connectivity index (χ1) is 9.13. The van der Waals surface area contributed by atoms with Crippen molar-refractivity contribution in [2.45, 2.75) is 31.3 Å². The lowest BCUT2D eigenvalue weighted by molar-refractivity contribution is -0.128. The highest BCUT2D eigenvalue weighted by Gasteiger charge is 2.39. The molecule has 1 heterocycles. The molecule has 1 saturated heterocycles. The van der Waals surface area contributed by atoms with E-state index in [4.69, 9.17) is 11.6 Å². The fraction of sp³-hybridized carbons (Fsp3) is 0.429. The van der Waals surface area contributed by atoms with Gasteiger partial charge in [0.25, 0.3) is 5.91 Å². The van der Waals surface area contributed by atoms with Crippen LogP contribution in [0.3, 0.4) is 0 Å². The molecule has 100 valence electrons. The molecule has 19 heavy (non-hydrogen) atoms. The van der Waals surface area contributed by atoms with Gasteiger partial charge in [0.05, 0.1) is 6.04 Å². The van der Waals surface area contributed by atoms with E-state index in [0.717, 1.165) is 12.8 Å². The zero-order valence-corrected chi connectivity index (χ0v) is 11.2. The summed E-state index contributed by atoms with van der Waals surface area (Å²) in [5.41, 5.74) is 0.532. The van der Waals surface area contributed by atoms with E-state index in [1.165, 1.54) is 0 Å². The molecule has 5 heteroatoms. The fourth-order valence-corrected chi connectivity index (χ4v) is 2.66. The third kappa shape index (κ3) is 2.73. The highest BCUT2D eigenvalue weighted by atomic mass is 35.5. The smallest absolute Gasteiger partial charge is 0.251 e. The summed E-state index contributed by atoms with van der Waals surface area (Å²) in [7, 11) is 0. The van der Waals surface area contributed by atoms with Crippen LogP contribution in [0.4, 0.5) is 0 Å². The molecule has 2 amide bonds. The summed E-state index contributed by atoms with van der Waals surface area (Å²) in [6, 6.07) is 7.16. The maximum atomic E-state index is 12.1. The largest absolute Gasteiger partial charge is 0.347 e. The summed E-state index contributed by atoms with van der Waals surface area (Å²) in [6.07, 6.45) is 2.60. The van der Waals surface area contributed by atoms with Crippen LogP contribution in [0.25, 0.3) is 0 Å². The SMILES string of the molecule is O=C(N[C@@H]1CC(=O)N(C2CC2)C1)c1cccc(Cl)c1. The van der Waals surface area contributed by atoms with Crippen molar-refractivity contribution < 1.29 is 9.59 Å². The minimum Gasteiger partial charge on any atom is -0.347 e. The van der Waals surface area contributed by atoms with Gasteiger partial charge in [0.2, 0.25) is 5.91 Å². The maximum absolute atomic E-state index is 12.1. The molecule has 1 aliphatic heterocycles. The average Bonchev–Trinajstić information content (AvgIpc) is 3.14. The Morgan fingerprint density at radius 3 is 2.84 bits per heavy atom. The summed E-state index contributed by atoms with van der Waals surface area (Å²) >= 11 is 5.86. The highest BCUT2D eigenvalue weighted by molar-refractivity contribution is 6.30. The van der Waals surface area contributed by atoms with Gasteiger partial charge in [0.15, 0.2) is 0 Å². The normalized spacial score (nSPS) is 22.7. The molecule has 0 bridgehead atoms. The van der Waals surface area contributed by atoms with Crippen LogP contribution in [-0.2, 0) is 4.79 Å². The van der Waals surface area contributed by atoms with E-state index >= 15 is 0 Å². The van der Waals surface area contributed by atoms with Crippen LogP contribution < -0.4 is 5.32 Å². The Balaban J connectivity index is 1.62. The average molecular weight is 279 g/mol. The Morgan fingerprint density at radius 2 is 2.16 bits per heavy atom. The minimum atomic E-state index is -0.169. The number of nitrogens with one attached hydrogen (secondary N) is 1. The van der Waals surface area contributed by atoms with Gasteiger partial charge in [-0.15, -0.1) is 0 Å². The Morgan fingerprint density at radius 1 is 1.37 bits per heavy atom. The lowest BCUT2D eigenvalue weighted by Gasteiger charge is -2.16. The maximum Gasteiger partial charge on any atom is 0.251 e. The quantitative estimate of drug-likeness (QED) is 0.917. The van der Waals surface area contributed by atoms with Crippen LogP contribution in [0.2, 0.25) is 5.02 Å². The number of halogens is 1. The molecule has 1 aliphatic carbocycles. The summed E-state index contributed by atoms with van der Waals surface area (Å²) < 4.78 is 0. The Kier molecular flexibility index (Phi) is 3.19. The predicted molar refractivity (Wildman–Crippen MR) is 72.1 cm³/mol. The van der Waals surface area contributed by atoms with Crippen molar-refractivity contribution in [3.8, 4) is 0 Å². The number of hydrogen-bond acceptors (Lipinski definition) is 2. The van der Waals surface area contributed by atoms with E-state index in [9.17, 15) is 9.59 Å². The van der Waals surface area contributed by atoms with E-state index in [2.05, 4.69) is 5.32 Å². The van der Waals surface area contributed by atoms with Gasteiger partial charge in [-0.05, 0) is 31.0 Å². The van der Waals surface area contributed by atoms with E-state index in [0.29, 0.717) is 29.6 Å². The molecule has 3 rings (SSSR count). The second kappa shape index (κ2) is 4.85. The third-order valence-corrected chi connectivity index (χ3v) is 3.80. The van der Waals surface area contributed by atoms with Gasteiger partial charge < -0.3 is 10.2 Å².